The molecule has 2 rings (SSSR count). The summed E-state index contributed by atoms with van der Waals surface area (Å²) in [6.45, 7) is 0. The van der Waals surface area contributed by atoms with Gasteiger partial charge in [-0.3, -0.25) is 0 Å². The largest absolute Gasteiger partial charge is 0.479 e. The number of carboxylic acid groups (broad SMARTS) is 1. The molecule has 84 valence electrons. The summed E-state index contributed by atoms with van der Waals surface area (Å²) in [5, 5.41) is 24.4. The van der Waals surface area contributed by atoms with E-state index in [1.165, 1.54) is 16.0 Å². The number of thiophene rings is 1. The van der Waals surface area contributed by atoms with Crippen LogP contribution in [0.3, 0.4) is 0 Å². The van der Waals surface area contributed by atoms with Gasteiger partial charge in [-0.25, -0.2) is 9.48 Å². The number of nitrogens with zero attached hydrogens (tertiary/aromatic N) is 4. The van der Waals surface area contributed by atoms with Crippen molar-refractivity contribution in [1.82, 2.24) is 20.2 Å². The SMILES string of the molecule is Cn1nnnc1NC(C(=O)O)c1cccs1. The predicted molar refractivity (Wildman–Crippen MR) is 57.1 cm³/mol. The highest BCUT2D eigenvalue weighted by Crippen LogP contribution is 2.22. The summed E-state index contributed by atoms with van der Waals surface area (Å²) in [5.41, 5.74) is 0. The molecule has 0 saturated heterocycles. The van der Waals surface area contributed by atoms with Crippen molar-refractivity contribution in [1.29, 1.82) is 0 Å². The summed E-state index contributed by atoms with van der Waals surface area (Å²) in [5.74, 6) is -0.647. The topological polar surface area (TPSA) is 92.9 Å². The van der Waals surface area contributed by atoms with Gasteiger partial charge in [0.05, 0.1) is 0 Å². The standard InChI is InChI=1S/C8H9N5O2S/c1-13-8(10-11-12-13)9-6(7(14)15)5-3-2-4-16-5/h2-4,6H,1H3,(H,14,15)(H,9,10,12). The van der Waals surface area contributed by atoms with Crippen molar-refractivity contribution >= 4 is 23.3 Å². The maximum Gasteiger partial charge on any atom is 0.331 e. The minimum Gasteiger partial charge on any atom is -0.479 e. The average molecular weight is 239 g/mol. The van der Waals surface area contributed by atoms with Crippen molar-refractivity contribution in [3.63, 3.8) is 0 Å². The number of carbonyl (C=O) groups is 1. The third-order valence-corrected chi connectivity index (χ3v) is 2.91. The molecule has 1 unspecified atom stereocenters. The molecule has 2 heterocycles. The zero-order chi connectivity index (χ0) is 11.5. The molecular formula is C8H9N5O2S. The lowest BCUT2D eigenvalue weighted by Crippen LogP contribution is -2.21. The second-order valence-electron chi connectivity index (χ2n) is 3.06. The molecule has 2 N–H and O–H groups in total. The highest BCUT2D eigenvalue weighted by Gasteiger charge is 2.22. The second-order valence-corrected chi connectivity index (χ2v) is 4.04. The molecule has 0 aliphatic heterocycles. The lowest BCUT2D eigenvalue weighted by molar-refractivity contribution is -0.138. The molecule has 2 aromatic heterocycles. The van der Waals surface area contributed by atoms with Gasteiger partial charge < -0.3 is 10.4 Å². The number of aromatic nitrogens is 4. The molecule has 0 aliphatic carbocycles. The summed E-state index contributed by atoms with van der Waals surface area (Å²) in [6, 6.07) is 2.72. The Kier molecular flexibility index (Phi) is 2.82. The molecule has 0 saturated carbocycles. The van der Waals surface area contributed by atoms with Gasteiger partial charge in [0.1, 0.15) is 0 Å². The van der Waals surface area contributed by atoms with E-state index in [2.05, 4.69) is 20.8 Å². The zero-order valence-corrected chi connectivity index (χ0v) is 9.18. The van der Waals surface area contributed by atoms with Gasteiger partial charge in [-0.15, -0.1) is 11.3 Å². The first-order valence-corrected chi connectivity index (χ1v) is 5.31. The fourth-order valence-electron chi connectivity index (χ4n) is 1.19. The highest BCUT2D eigenvalue weighted by molar-refractivity contribution is 7.10. The Morgan fingerprint density at radius 2 is 2.50 bits per heavy atom. The predicted octanol–water partition coefficient (Wildman–Crippen LogP) is 0.509. The second kappa shape index (κ2) is 4.27. The summed E-state index contributed by atoms with van der Waals surface area (Å²) < 4.78 is 1.38. The van der Waals surface area contributed by atoms with Gasteiger partial charge in [-0.05, 0) is 21.9 Å². The molecular weight excluding hydrogens is 230 g/mol. The van der Waals surface area contributed by atoms with Crippen molar-refractivity contribution < 1.29 is 9.90 Å². The third-order valence-electron chi connectivity index (χ3n) is 1.97. The van der Waals surface area contributed by atoms with E-state index in [1.807, 2.05) is 5.38 Å². The van der Waals surface area contributed by atoms with Crippen LogP contribution < -0.4 is 5.32 Å². The molecule has 1 atom stereocenters. The van der Waals surface area contributed by atoms with E-state index >= 15 is 0 Å². The van der Waals surface area contributed by atoms with E-state index in [4.69, 9.17) is 5.11 Å². The summed E-state index contributed by atoms with van der Waals surface area (Å²) in [6.07, 6.45) is 0. The summed E-state index contributed by atoms with van der Waals surface area (Å²) in [4.78, 5) is 11.8. The Morgan fingerprint density at radius 1 is 1.69 bits per heavy atom. The number of rotatable bonds is 4. The number of tetrazole rings is 1. The average Bonchev–Trinajstić information content (AvgIpc) is 2.85. The van der Waals surface area contributed by atoms with Crippen molar-refractivity contribution in [3.05, 3.63) is 22.4 Å². The Hall–Kier alpha value is -1.96. The van der Waals surface area contributed by atoms with E-state index in [1.54, 1.807) is 19.2 Å². The van der Waals surface area contributed by atoms with Crippen LogP contribution in [0.25, 0.3) is 0 Å². The monoisotopic (exact) mass is 239 g/mol. The van der Waals surface area contributed by atoms with Crippen molar-refractivity contribution in [2.45, 2.75) is 6.04 Å². The van der Waals surface area contributed by atoms with Crippen LogP contribution in [-0.2, 0) is 11.8 Å². The summed E-state index contributed by atoms with van der Waals surface area (Å²) in [7, 11) is 1.63. The van der Waals surface area contributed by atoms with Gasteiger partial charge in [0.2, 0.25) is 5.95 Å². The molecule has 0 aliphatic rings. The van der Waals surface area contributed by atoms with Crippen LogP contribution in [0.15, 0.2) is 17.5 Å². The summed E-state index contributed by atoms with van der Waals surface area (Å²) >= 11 is 1.37. The van der Waals surface area contributed by atoms with Crippen molar-refractivity contribution in [2.24, 2.45) is 7.05 Å². The minimum atomic E-state index is -0.967. The molecule has 8 heteroatoms. The number of carboxylic acids is 1. The fraction of sp³-hybridized carbons (Fsp3) is 0.250. The Bertz CT molecular complexity index is 480. The third kappa shape index (κ3) is 2.01. The first-order chi connectivity index (χ1) is 7.68. The van der Waals surface area contributed by atoms with Crippen LogP contribution in [0.5, 0.6) is 0 Å². The molecule has 0 radical (unpaired) electrons. The first-order valence-electron chi connectivity index (χ1n) is 4.43. The number of hydrogen-bond acceptors (Lipinski definition) is 6. The highest BCUT2D eigenvalue weighted by atomic mass is 32.1. The number of hydrogen-bond donors (Lipinski definition) is 2. The van der Waals surface area contributed by atoms with E-state index in [9.17, 15) is 4.79 Å². The number of nitrogens with one attached hydrogen (secondary N) is 1. The first kappa shape index (κ1) is 10.6. The maximum atomic E-state index is 11.1. The Balaban J connectivity index is 2.22. The number of aliphatic carboxylic acids is 1. The Labute approximate surface area is 94.7 Å². The lowest BCUT2D eigenvalue weighted by atomic mass is 10.2. The molecule has 16 heavy (non-hydrogen) atoms. The fourth-order valence-corrected chi connectivity index (χ4v) is 1.96. The van der Waals surface area contributed by atoms with Gasteiger partial charge in [0.15, 0.2) is 6.04 Å². The van der Waals surface area contributed by atoms with Gasteiger partial charge in [0.25, 0.3) is 0 Å². The van der Waals surface area contributed by atoms with Crippen LogP contribution in [0, 0.1) is 0 Å². The molecule has 0 bridgehead atoms. The molecule has 0 fully saturated rings. The van der Waals surface area contributed by atoms with E-state index in [-0.39, 0.29) is 0 Å². The van der Waals surface area contributed by atoms with Gasteiger partial charge in [-0.1, -0.05) is 11.2 Å². The maximum absolute atomic E-state index is 11.1. The van der Waals surface area contributed by atoms with Crippen LogP contribution in [-0.4, -0.2) is 31.3 Å². The number of anilines is 1. The van der Waals surface area contributed by atoms with Gasteiger partial charge >= 0.3 is 5.97 Å². The lowest BCUT2D eigenvalue weighted by Gasteiger charge is -2.11. The molecule has 2 aromatic rings. The van der Waals surface area contributed by atoms with Crippen LogP contribution in [0.1, 0.15) is 10.9 Å². The van der Waals surface area contributed by atoms with Crippen molar-refractivity contribution in [3.8, 4) is 0 Å². The van der Waals surface area contributed by atoms with E-state index in [0.29, 0.717) is 10.8 Å². The van der Waals surface area contributed by atoms with Crippen molar-refractivity contribution in [2.75, 3.05) is 5.32 Å². The molecule has 0 spiro atoms. The Morgan fingerprint density at radius 3 is 3.00 bits per heavy atom. The van der Waals surface area contributed by atoms with Crippen LogP contribution in [0.4, 0.5) is 5.95 Å². The normalized spacial score (nSPS) is 12.3. The minimum absolute atomic E-state index is 0.320. The smallest absolute Gasteiger partial charge is 0.331 e. The van der Waals surface area contributed by atoms with Gasteiger partial charge in [-0.2, -0.15) is 0 Å². The number of aryl methyl sites for hydroxylation is 1. The van der Waals surface area contributed by atoms with E-state index in [0.717, 1.165) is 0 Å². The van der Waals surface area contributed by atoms with Crippen LogP contribution in [0.2, 0.25) is 0 Å². The molecule has 7 nitrogen and oxygen atoms in total. The molecule has 0 aromatic carbocycles. The van der Waals surface area contributed by atoms with E-state index < -0.39 is 12.0 Å². The molecule has 0 amide bonds. The van der Waals surface area contributed by atoms with Crippen LogP contribution >= 0.6 is 11.3 Å². The van der Waals surface area contributed by atoms with Gasteiger partial charge in [0, 0.05) is 11.9 Å². The quantitative estimate of drug-likeness (QED) is 0.807. The zero-order valence-electron chi connectivity index (χ0n) is 8.36.